The third-order valence-electron chi connectivity index (χ3n) is 4.99. The fraction of sp³-hybridized carbons (Fsp3) is 0.857. The number of nitrogens with zero attached hydrogens (tertiary/aromatic N) is 1. The van der Waals surface area contributed by atoms with Crippen LogP contribution in [0.2, 0.25) is 0 Å². The number of likely N-dealkylation sites (tertiary alicyclic amines) is 1. The Kier molecular flexibility index (Phi) is 4.02. The minimum absolute atomic E-state index is 0.0307. The molecule has 2 amide bonds. The molecule has 1 heterocycles. The molecule has 1 saturated carbocycles. The summed E-state index contributed by atoms with van der Waals surface area (Å²) in [7, 11) is 0. The smallest absolute Gasteiger partial charge is 0.317 e. The number of hydrogen-bond donors (Lipinski definition) is 2. The van der Waals surface area contributed by atoms with Gasteiger partial charge in [-0.3, -0.25) is 4.79 Å². The topological polar surface area (TPSA) is 69.6 Å². The molecule has 1 aliphatic heterocycles. The van der Waals surface area contributed by atoms with Gasteiger partial charge >= 0.3 is 12.0 Å². The first-order valence-corrected chi connectivity index (χ1v) is 7.18. The van der Waals surface area contributed by atoms with Crippen LogP contribution in [0.1, 0.15) is 33.6 Å². The Morgan fingerprint density at radius 2 is 1.79 bits per heavy atom. The third kappa shape index (κ3) is 2.85. The van der Waals surface area contributed by atoms with Gasteiger partial charge in [-0.05, 0) is 30.6 Å². The number of carboxylic acids is 1. The molecule has 0 spiro atoms. The SMILES string of the molecule is CC1CCC(NC(=O)N2C[C@@H](C)[C@H](C(=O)O)C2)C1C. The summed E-state index contributed by atoms with van der Waals surface area (Å²) >= 11 is 0. The minimum Gasteiger partial charge on any atom is -0.481 e. The standard InChI is InChI=1S/C14H24N2O3/c1-8-4-5-12(10(8)3)15-14(19)16-6-9(2)11(7-16)13(17)18/h8-12H,4-7H2,1-3H3,(H,15,19)(H,17,18)/t8?,9-,10?,11-,12?/m1/s1. The molecule has 19 heavy (non-hydrogen) atoms. The molecule has 0 aromatic heterocycles. The van der Waals surface area contributed by atoms with E-state index in [9.17, 15) is 9.59 Å². The van der Waals surface area contributed by atoms with Gasteiger partial charge in [0.2, 0.25) is 0 Å². The van der Waals surface area contributed by atoms with E-state index in [-0.39, 0.29) is 18.0 Å². The van der Waals surface area contributed by atoms with Gasteiger partial charge in [0.1, 0.15) is 0 Å². The molecule has 5 nitrogen and oxygen atoms in total. The number of amides is 2. The van der Waals surface area contributed by atoms with E-state index in [0.717, 1.165) is 12.8 Å². The molecule has 0 aromatic carbocycles. The Morgan fingerprint density at radius 3 is 2.26 bits per heavy atom. The van der Waals surface area contributed by atoms with Crippen LogP contribution in [0.25, 0.3) is 0 Å². The third-order valence-corrected chi connectivity index (χ3v) is 4.99. The molecule has 2 N–H and O–H groups in total. The van der Waals surface area contributed by atoms with Crippen molar-refractivity contribution >= 4 is 12.0 Å². The maximum absolute atomic E-state index is 12.2. The van der Waals surface area contributed by atoms with Crippen LogP contribution < -0.4 is 5.32 Å². The Labute approximate surface area is 114 Å². The average Bonchev–Trinajstić information content (AvgIpc) is 2.87. The Balaban J connectivity index is 1.90. The average molecular weight is 268 g/mol. The van der Waals surface area contributed by atoms with Gasteiger partial charge in [-0.2, -0.15) is 0 Å². The van der Waals surface area contributed by atoms with Crippen molar-refractivity contribution in [2.45, 2.75) is 39.7 Å². The molecule has 2 aliphatic rings. The lowest BCUT2D eigenvalue weighted by atomic mass is 9.98. The summed E-state index contributed by atoms with van der Waals surface area (Å²) in [4.78, 5) is 24.9. The van der Waals surface area contributed by atoms with Crippen LogP contribution in [-0.2, 0) is 4.79 Å². The Bertz CT molecular complexity index is 372. The van der Waals surface area contributed by atoms with Crippen molar-refractivity contribution in [3.8, 4) is 0 Å². The number of carbonyl (C=O) groups excluding carboxylic acids is 1. The van der Waals surface area contributed by atoms with E-state index in [1.54, 1.807) is 4.90 Å². The molecule has 1 aliphatic carbocycles. The van der Waals surface area contributed by atoms with Crippen LogP contribution in [0.15, 0.2) is 0 Å². The second kappa shape index (κ2) is 5.39. The monoisotopic (exact) mass is 268 g/mol. The largest absolute Gasteiger partial charge is 0.481 e. The molecule has 2 rings (SSSR count). The van der Waals surface area contributed by atoms with Crippen molar-refractivity contribution < 1.29 is 14.7 Å². The minimum atomic E-state index is -0.800. The summed E-state index contributed by atoms with van der Waals surface area (Å²) in [5.41, 5.74) is 0. The van der Waals surface area contributed by atoms with Gasteiger partial charge in [-0.1, -0.05) is 20.8 Å². The van der Waals surface area contributed by atoms with Gasteiger partial charge in [-0.15, -0.1) is 0 Å². The molecule has 5 heteroatoms. The fourth-order valence-electron chi connectivity index (χ4n) is 3.27. The van der Waals surface area contributed by atoms with Crippen molar-refractivity contribution in [3.63, 3.8) is 0 Å². The number of carbonyl (C=O) groups is 2. The van der Waals surface area contributed by atoms with Crippen molar-refractivity contribution in [2.75, 3.05) is 13.1 Å². The first-order valence-electron chi connectivity index (χ1n) is 7.18. The zero-order chi connectivity index (χ0) is 14.2. The van der Waals surface area contributed by atoms with Gasteiger partial charge < -0.3 is 15.3 Å². The van der Waals surface area contributed by atoms with Gasteiger partial charge in [0.15, 0.2) is 0 Å². The van der Waals surface area contributed by atoms with Crippen LogP contribution in [0, 0.1) is 23.7 Å². The zero-order valence-corrected chi connectivity index (χ0v) is 11.9. The number of rotatable bonds is 2. The van der Waals surface area contributed by atoms with Gasteiger partial charge in [0.25, 0.3) is 0 Å². The second-order valence-corrected chi connectivity index (χ2v) is 6.30. The first kappa shape index (κ1) is 14.2. The maximum atomic E-state index is 12.2. The first-order chi connectivity index (χ1) is 8.90. The highest BCUT2D eigenvalue weighted by Gasteiger charge is 2.38. The molecule has 3 unspecified atom stereocenters. The second-order valence-electron chi connectivity index (χ2n) is 6.30. The van der Waals surface area contributed by atoms with Crippen LogP contribution in [0.5, 0.6) is 0 Å². The molecule has 0 aromatic rings. The molecule has 108 valence electrons. The number of nitrogens with one attached hydrogen (secondary N) is 1. The highest BCUT2D eigenvalue weighted by Crippen LogP contribution is 2.31. The van der Waals surface area contributed by atoms with E-state index >= 15 is 0 Å². The molecule has 0 radical (unpaired) electrons. The lowest BCUT2D eigenvalue weighted by Gasteiger charge is -2.24. The summed E-state index contributed by atoms with van der Waals surface area (Å²) < 4.78 is 0. The highest BCUT2D eigenvalue weighted by atomic mass is 16.4. The van der Waals surface area contributed by atoms with Crippen LogP contribution in [0.3, 0.4) is 0 Å². The van der Waals surface area contributed by atoms with Crippen molar-refractivity contribution in [3.05, 3.63) is 0 Å². The summed E-state index contributed by atoms with van der Waals surface area (Å²) in [5, 5.41) is 12.2. The Hall–Kier alpha value is -1.26. The van der Waals surface area contributed by atoms with Crippen LogP contribution in [-0.4, -0.2) is 41.1 Å². The quantitative estimate of drug-likeness (QED) is 0.802. The zero-order valence-electron chi connectivity index (χ0n) is 11.9. The lowest BCUT2D eigenvalue weighted by Crippen LogP contribution is -2.45. The predicted octanol–water partition coefficient (Wildman–Crippen LogP) is 1.78. The summed E-state index contributed by atoms with van der Waals surface area (Å²) in [6.45, 7) is 7.16. The van der Waals surface area contributed by atoms with E-state index in [1.165, 1.54) is 0 Å². The highest BCUT2D eigenvalue weighted by molar-refractivity contribution is 5.77. The van der Waals surface area contributed by atoms with Gasteiger partial charge in [0, 0.05) is 19.1 Å². The van der Waals surface area contributed by atoms with E-state index < -0.39 is 11.9 Å². The van der Waals surface area contributed by atoms with Crippen LogP contribution >= 0.6 is 0 Å². The number of carboxylic acid groups (broad SMARTS) is 1. The maximum Gasteiger partial charge on any atom is 0.317 e. The van der Waals surface area contributed by atoms with E-state index in [2.05, 4.69) is 19.2 Å². The molecular formula is C14H24N2O3. The molecule has 2 fully saturated rings. The van der Waals surface area contributed by atoms with E-state index in [4.69, 9.17) is 5.11 Å². The van der Waals surface area contributed by atoms with Crippen molar-refractivity contribution in [1.29, 1.82) is 0 Å². The molecule has 5 atom stereocenters. The number of urea groups is 1. The van der Waals surface area contributed by atoms with Gasteiger partial charge in [0.05, 0.1) is 5.92 Å². The molecular weight excluding hydrogens is 244 g/mol. The normalized spacial score (nSPS) is 38.5. The van der Waals surface area contributed by atoms with Gasteiger partial charge in [-0.25, -0.2) is 4.79 Å². The molecule has 1 saturated heterocycles. The summed E-state index contributed by atoms with van der Waals surface area (Å²) in [6.07, 6.45) is 2.18. The number of hydrogen-bond acceptors (Lipinski definition) is 2. The van der Waals surface area contributed by atoms with Crippen LogP contribution in [0.4, 0.5) is 4.79 Å². The van der Waals surface area contributed by atoms with Crippen molar-refractivity contribution in [2.24, 2.45) is 23.7 Å². The van der Waals surface area contributed by atoms with Crippen molar-refractivity contribution in [1.82, 2.24) is 10.2 Å². The summed E-state index contributed by atoms with van der Waals surface area (Å²) in [6, 6.07) is 0.142. The molecule has 0 bridgehead atoms. The fourth-order valence-corrected chi connectivity index (χ4v) is 3.27. The van der Waals surface area contributed by atoms with E-state index in [0.29, 0.717) is 24.9 Å². The Morgan fingerprint density at radius 1 is 1.11 bits per heavy atom. The van der Waals surface area contributed by atoms with E-state index in [1.807, 2.05) is 6.92 Å². The number of aliphatic carboxylic acids is 1. The summed E-state index contributed by atoms with van der Waals surface area (Å²) in [5.74, 6) is -0.0478. The lowest BCUT2D eigenvalue weighted by molar-refractivity contribution is -0.142. The predicted molar refractivity (Wildman–Crippen MR) is 71.7 cm³/mol.